The Kier molecular flexibility index (Phi) is 5.46. The maximum absolute atomic E-state index is 14.5. The van der Waals surface area contributed by atoms with Crippen molar-refractivity contribution in [3.05, 3.63) is 42.0 Å². The molecular formula is C19H20F2N2O2S. The normalized spacial score (nSPS) is 14.6. The summed E-state index contributed by atoms with van der Waals surface area (Å²) in [5, 5.41) is 9.95. The van der Waals surface area contributed by atoms with Crippen LogP contribution in [0.5, 0.6) is 0 Å². The minimum atomic E-state index is -0.892. The van der Waals surface area contributed by atoms with Crippen LogP contribution in [0.3, 0.4) is 0 Å². The zero-order valence-corrected chi connectivity index (χ0v) is 15.4. The molecule has 2 heterocycles. The van der Waals surface area contributed by atoms with E-state index in [1.54, 1.807) is 22.7 Å². The van der Waals surface area contributed by atoms with Crippen molar-refractivity contribution in [3.8, 4) is 11.3 Å². The predicted octanol–water partition coefficient (Wildman–Crippen LogP) is 4.44. The van der Waals surface area contributed by atoms with Crippen molar-refractivity contribution in [3.63, 3.8) is 0 Å². The van der Waals surface area contributed by atoms with Gasteiger partial charge in [-0.1, -0.05) is 19.9 Å². The van der Waals surface area contributed by atoms with Gasteiger partial charge in [-0.2, -0.15) is 0 Å². The number of carbonyl (C=O) groups is 1. The van der Waals surface area contributed by atoms with E-state index in [1.807, 2.05) is 12.1 Å². The molecule has 0 saturated carbocycles. The van der Waals surface area contributed by atoms with Crippen molar-refractivity contribution >= 4 is 23.4 Å². The third-order valence-electron chi connectivity index (χ3n) is 4.13. The van der Waals surface area contributed by atoms with Crippen LogP contribution in [0.25, 0.3) is 11.3 Å². The van der Waals surface area contributed by atoms with Crippen LogP contribution in [0.4, 0.5) is 14.5 Å². The Morgan fingerprint density at radius 3 is 2.54 bits per heavy atom. The molecule has 138 valence electrons. The Morgan fingerprint density at radius 1 is 1.31 bits per heavy atom. The largest absolute Gasteiger partial charge is 0.481 e. The zero-order valence-electron chi connectivity index (χ0n) is 14.6. The highest BCUT2D eigenvalue weighted by Crippen LogP contribution is 2.34. The summed E-state index contributed by atoms with van der Waals surface area (Å²) in [6.07, 6.45) is 0.0159. The van der Waals surface area contributed by atoms with Crippen LogP contribution < -0.4 is 4.90 Å². The van der Waals surface area contributed by atoms with E-state index in [0.29, 0.717) is 29.6 Å². The fraction of sp³-hybridized carbons (Fsp3) is 0.368. The van der Waals surface area contributed by atoms with Crippen LogP contribution >= 0.6 is 11.8 Å². The quantitative estimate of drug-likeness (QED) is 0.753. The van der Waals surface area contributed by atoms with Crippen LogP contribution in [-0.4, -0.2) is 34.4 Å². The second kappa shape index (κ2) is 7.61. The van der Waals surface area contributed by atoms with E-state index in [-0.39, 0.29) is 18.0 Å². The minimum absolute atomic E-state index is 0.0159. The van der Waals surface area contributed by atoms with Crippen LogP contribution in [0.2, 0.25) is 0 Å². The smallest absolute Gasteiger partial charge is 0.303 e. The van der Waals surface area contributed by atoms with Crippen molar-refractivity contribution in [2.45, 2.75) is 30.5 Å². The molecule has 1 saturated heterocycles. The van der Waals surface area contributed by atoms with Crippen molar-refractivity contribution < 1.29 is 18.7 Å². The van der Waals surface area contributed by atoms with Gasteiger partial charge in [0.25, 0.3) is 0 Å². The first kappa shape index (κ1) is 18.6. The number of hydrogen-bond acceptors (Lipinski definition) is 4. The first-order chi connectivity index (χ1) is 12.3. The SMILES string of the molecule is CC(C)Sc1cccc(-c2cc(F)c(N3CC(CC(=O)O)C3)c(F)c2)n1. The zero-order chi connectivity index (χ0) is 18.8. The molecule has 1 aliphatic heterocycles. The Hall–Kier alpha value is -2.15. The van der Waals surface area contributed by atoms with E-state index in [9.17, 15) is 13.6 Å². The van der Waals surface area contributed by atoms with E-state index in [1.165, 1.54) is 12.1 Å². The number of anilines is 1. The molecule has 7 heteroatoms. The van der Waals surface area contributed by atoms with Gasteiger partial charge in [0, 0.05) is 29.8 Å². The molecule has 1 aromatic heterocycles. The van der Waals surface area contributed by atoms with E-state index < -0.39 is 17.6 Å². The number of carboxylic acid groups (broad SMARTS) is 1. The van der Waals surface area contributed by atoms with Gasteiger partial charge in [-0.25, -0.2) is 13.8 Å². The van der Waals surface area contributed by atoms with Crippen molar-refractivity contribution in [1.29, 1.82) is 0 Å². The lowest BCUT2D eigenvalue weighted by Crippen LogP contribution is -2.48. The second-order valence-electron chi connectivity index (χ2n) is 6.69. The van der Waals surface area contributed by atoms with Crippen molar-refractivity contribution in [1.82, 2.24) is 4.98 Å². The number of rotatable bonds is 6. The molecule has 0 radical (unpaired) electrons. The summed E-state index contributed by atoms with van der Waals surface area (Å²) >= 11 is 1.59. The van der Waals surface area contributed by atoms with Crippen LogP contribution in [0.1, 0.15) is 20.3 Å². The highest BCUT2D eigenvalue weighted by molar-refractivity contribution is 7.99. The summed E-state index contributed by atoms with van der Waals surface area (Å²) < 4.78 is 29.1. The van der Waals surface area contributed by atoms with Crippen molar-refractivity contribution in [2.24, 2.45) is 5.92 Å². The number of aliphatic carboxylic acids is 1. The number of hydrogen-bond donors (Lipinski definition) is 1. The first-order valence-electron chi connectivity index (χ1n) is 8.43. The molecule has 0 amide bonds. The molecule has 1 aromatic carbocycles. The topological polar surface area (TPSA) is 53.4 Å². The summed E-state index contributed by atoms with van der Waals surface area (Å²) in [6, 6.07) is 8.00. The van der Waals surface area contributed by atoms with Crippen molar-refractivity contribution in [2.75, 3.05) is 18.0 Å². The van der Waals surface area contributed by atoms with E-state index >= 15 is 0 Å². The van der Waals surface area contributed by atoms with Gasteiger partial charge in [-0.05, 0) is 24.3 Å². The Labute approximate surface area is 155 Å². The molecular weight excluding hydrogens is 358 g/mol. The van der Waals surface area contributed by atoms with E-state index in [4.69, 9.17) is 5.11 Å². The lowest BCUT2D eigenvalue weighted by molar-refractivity contribution is -0.138. The average molecular weight is 378 g/mol. The molecule has 0 atom stereocenters. The minimum Gasteiger partial charge on any atom is -0.481 e. The van der Waals surface area contributed by atoms with E-state index in [2.05, 4.69) is 18.8 Å². The number of aromatic nitrogens is 1. The summed E-state index contributed by atoms with van der Waals surface area (Å²) in [4.78, 5) is 16.7. The number of halogens is 2. The number of thioether (sulfide) groups is 1. The second-order valence-corrected chi connectivity index (χ2v) is 8.28. The van der Waals surface area contributed by atoms with Gasteiger partial charge >= 0.3 is 5.97 Å². The van der Waals surface area contributed by atoms with Gasteiger partial charge in [0.05, 0.1) is 17.1 Å². The summed E-state index contributed by atoms with van der Waals surface area (Å²) in [5.74, 6) is -2.27. The lowest BCUT2D eigenvalue weighted by atomic mass is 9.95. The third-order valence-corrected chi connectivity index (χ3v) is 5.07. The first-order valence-corrected chi connectivity index (χ1v) is 9.31. The molecule has 1 N–H and O–H groups in total. The average Bonchev–Trinajstić information content (AvgIpc) is 2.50. The highest BCUT2D eigenvalue weighted by atomic mass is 32.2. The highest BCUT2D eigenvalue weighted by Gasteiger charge is 2.32. The van der Waals surface area contributed by atoms with Gasteiger partial charge in [0.15, 0.2) is 0 Å². The number of nitrogens with zero attached hydrogens (tertiary/aromatic N) is 2. The molecule has 2 aromatic rings. The maximum Gasteiger partial charge on any atom is 0.303 e. The Balaban J connectivity index is 1.81. The predicted molar refractivity (Wildman–Crippen MR) is 98.5 cm³/mol. The molecule has 4 nitrogen and oxygen atoms in total. The molecule has 3 rings (SSSR count). The van der Waals surface area contributed by atoms with Crippen LogP contribution in [0, 0.1) is 17.6 Å². The monoisotopic (exact) mass is 378 g/mol. The maximum atomic E-state index is 14.5. The third kappa shape index (κ3) is 4.15. The number of carboxylic acids is 1. The van der Waals surface area contributed by atoms with Crippen LogP contribution in [-0.2, 0) is 4.79 Å². The standard InChI is InChI=1S/C19H20F2N2O2S/c1-11(2)26-17-5-3-4-16(22-17)13-7-14(20)19(15(21)8-13)23-9-12(10-23)6-18(24)25/h3-5,7-8,11-12H,6,9-10H2,1-2H3,(H,24,25). The molecule has 0 bridgehead atoms. The van der Waals surface area contributed by atoms with Gasteiger partial charge in [0.2, 0.25) is 0 Å². The van der Waals surface area contributed by atoms with Gasteiger partial charge in [-0.3, -0.25) is 4.79 Å². The number of benzene rings is 1. The molecule has 1 fully saturated rings. The summed E-state index contributed by atoms with van der Waals surface area (Å²) in [7, 11) is 0. The summed E-state index contributed by atoms with van der Waals surface area (Å²) in [5.41, 5.74) is 0.813. The molecule has 0 aliphatic carbocycles. The summed E-state index contributed by atoms with van der Waals surface area (Å²) in [6.45, 7) is 4.80. The van der Waals surface area contributed by atoms with Crippen LogP contribution in [0.15, 0.2) is 35.4 Å². The Morgan fingerprint density at radius 2 is 1.96 bits per heavy atom. The Bertz CT molecular complexity index is 800. The fourth-order valence-corrected chi connectivity index (χ4v) is 3.82. The van der Waals surface area contributed by atoms with E-state index in [0.717, 1.165) is 5.03 Å². The van der Waals surface area contributed by atoms with Gasteiger partial charge in [-0.15, -0.1) is 11.8 Å². The number of pyridine rings is 1. The lowest BCUT2D eigenvalue weighted by Gasteiger charge is -2.40. The molecule has 0 spiro atoms. The molecule has 0 unspecified atom stereocenters. The molecule has 26 heavy (non-hydrogen) atoms. The van der Waals surface area contributed by atoms with Gasteiger partial charge in [0.1, 0.15) is 17.3 Å². The fourth-order valence-electron chi connectivity index (χ4n) is 3.03. The van der Waals surface area contributed by atoms with Gasteiger partial charge < -0.3 is 10.0 Å². The molecule has 1 aliphatic rings.